The Hall–Kier alpha value is -7.56. The van der Waals surface area contributed by atoms with Crippen LogP contribution in [0, 0.1) is 0 Å². The van der Waals surface area contributed by atoms with E-state index >= 15 is 0 Å². The lowest BCUT2D eigenvalue weighted by molar-refractivity contribution is 0.990. The number of aromatic nitrogens is 4. The zero-order valence-corrected chi connectivity index (χ0v) is 30.4. The minimum Gasteiger partial charge on any atom is -0.309 e. The third kappa shape index (κ3) is 5.31. The molecule has 4 heteroatoms. The number of rotatable bonds is 6. The van der Waals surface area contributed by atoms with Crippen LogP contribution >= 0.6 is 0 Å². The fraction of sp³-hybridized carbons (Fsp3) is 0. The zero-order valence-electron chi connectivity index (χ0n) is 30.4. The van der Waals surface area contributed by atoms with Crippen LogP contribution in [0.3, 0.4) is 0 Å². The summed E-state index contributed by atoms with van der Waals surface area (Å²) in [5.74, 6) is 0.651. The van der Waals surface area contributed by atoms with Gasteiger partial charge in [-0.25, -0.2) is 9.97 Å². The fourth-order valence-corrected chi connectivity index (χ4v) is 8.30. The summed E-state index contributed by atoms with van der Waals surface area (Å²) in [7, 11) is 0. The molecule has 0 fully saturated rings. The van der Waals surface area contributed by atoms with E-state index in [4.69, 9.17) is 9.97 Å². The average molecular weight is 715 g/mol. The Morgan fingerprint density at radius 1 is 0.268 bits per heavy atom. The molecule has 3 aromatic heterocycles. The van der Waals surface area contributed by atoms with Crippen LogP contribution in [0.25, 0.3) is 99.8 Å². The van der Waals surface area contributed by atoms with Crippen molar-refractivity contribution in [2.75, 3.05) is 0 Å². The average Bonchev–Trinajstić information content (AvgIpc) is 3.79. The van der Waals surface area contributed by atoms with Crippen LogP contribution in [0.15, 0.2) is 207 Å². The van der Waals surface area contributed by atoms with Crippen LogP contribution in [-0.4, -0.2) is 19.1 Å². The van der Waals surface area contributed by atoms with Crippen LogP contribution < -0.4 is 0 Å². The predicted molar refractivity (Wildman–Crippen MR) is 232 cm³/mol. The molecule has 11 rings (SSSR count). The van der Waals surface area contributed by atoms with Crippen molar-refractivity contribution in [2.45, 2.75) is 0 Å². The van der Waals surface area contributed by atoms with Gasteiger partial charge in [-0.2, -0.15) is 0 Å². The van der Waals surface area contributed by atoms with Gasteiger partial charge in [-0.3, -0.25) is 4.57 Å². The van der Waals surface area contributed by atoms with Crippen molar-refractivity contribution in [3.05, 3.63) is 207 Å². The molecule has 0 N–H and O–H groups in total. The van der Waals surface area contributed by atoms with Crippen molar-refractivity contribution in [3.63, 3.8) is 0 Å². The molecule has 0 spiro atoms. The van der Waals surface area contributed by atoms with Crippen molar-refractivity contribution < 1.29 is 0 Å². The molecule has 11 aromatic rings. The van der Waals surface area contributed by atoms with Gasteiger partial charge < -0.3 is 4.57 Å². The second-order valence-electron chi connectivity index (χ2n) is 14.3. The van der Waals surface area contributed by atoms with E-state index in [1.807, 2.05) is 18.5 Å². The Labute approximate surface area is 324 Å². The smallest absolute Gasteiger partial charge is 0.234 e. The second kappa shape index (κ2) is 13.1. The van der Waals surface area contributed by atoms with E-state index in [1.165, 1.54) is 66.0 Å². The van der Waals surface area contributed by atoms with E-state index in [0.717, 1.165) is 27.8 Å². The maximum atomic E-state index is 4.94. The molecule has 0 atom stereocenters. The van der Waals surface area contributed by atoms with E-state index in [2.05, 4.69) is 197 Å². The van der Waals surface area contributed by atoms with E-state index < -0.39 is 0 Å². The minimum absolute atomic E-state index is 0.651. The first-order valence-corrected chi connectivity index (χ1v) is 19.0. The molecule has 0 radical (unpaired) electrons. The molecule has 262 valence electrons. The lowest BCUT2D eigenvalue weighted by Crippen LogP contribution is -2.00. The summed E-state index contributed by atoms with van der Waals surface area (Å²) in [6, 6.07) is 69.3. The van der Waals surface area contributed by atoms with Crippen molar-refractivity contribution in [2.24, 2.45) is 0 Å². The highest BCUT2D eigenvalue weighted by Gasteiger charge is 2.17. The number of nitrogens with zero attached hydrogens (tertiary/aromatic N) is 4. The number of fused-ring (bicyclic) bond motifs is 6. The van der Waals surface area contributed by atoms with Gasteiger partial charge in [0.1, 0.15) is 0 Å². The van der Waals surface area contributed by atoms with Gasteiger partial charge in [-0.15, -0.1) is 0 Å². The van der Waals surface area contributed by atoms with Gasteiger partial charge in [0.15, 0.2) is 0 Å². The summed E-state index contributed by atoms with van der Waals surface area (Å²) < 4.78 is 4.54. The first-order chi connectivity index (χ1) is 27.8. The Morgan fingerprint density at radius 2 is 0.643 bits per heavy atom. The molecular formula is C52H34N4. The third-order valence-corrected chi connectivity index (χ3v) is 11.1. The zero-order chi connectivity index (χ0) is 37.0. The van der Waals surface area contributed by atoms with Gasteiger partial charge in [-0.1, -0.05) is 146 Å². The molecule has 0 amide bonds. The summed E-state index contributed by atoms with van der Waals surface area (Å²) in [6.07, 6.45) is 3.87. The number of hydrogen-bond acceptors (Lipinski definition) is 2. The maximum Gasteiger partial charge on any atom is 0.234 e. The summed E-state index contributed by atoms with van der Waals surface area (Å²) in [4.78, 5) is 9.87. The minimum atomic E-state index is 0.651. The quantitative estimate of drug-likeness (QED) is 0.172. The third-order valence-electron chi connectivity index (χ3n) is 11.1. The number of hydrogen-bond donors (Lipinski definition) is 0. The lowest BCUT2D eigenvalue weighted by atomic mass is 9.99. The van der Waals surface area contributed by atoms with Gasteiger partial charge in [0.2, 0.25) is 5.95 Å². The van der Waals surface area contributed by atoms with E-state index in [0.29, 0.717) is 5.95 Å². The number of benzene rings is 8. The van der Waals surface area contributed by atoms with Crippen molar-refractivity contribution in [1.29, 1.82) is 0 Å². The monoisotopic (exact) mass is 714 g/mol. The SMILES string of the molecule is c1ccc(-c2ccc(-c3ccc(-c4cnc(-n5c6ccccc6c6cc(-c7ccc8c(c7)c7ccccc7n8-c7ccccc7)ccc65)nc4)cc3)cc2)cc1. The topological polar surface area (TPSA) is 35.6 Å². The highest BCUT2D eigenvalue weighted by molar-refractivity contribution is 6.12. The first-order valence-electron chi connectivity index (χ1n) is 19.0. The summed E-state index contributed by atoms with van der Waals surface area (Å²) in [5, 5.41) is 4.83. The molecule has 0 saturated carbocycles. The van der Waals surface area contributed by atoms with Crippen LogP contribution in [0.5, 0.6) is 0 Å². The molecular weight excluding hydrogens is 681 g/mol. The van der Waals surface area contributed by atoms with E-state index in [-0.39, 0.29) is 0 Å². The van der Waals surface area contributed by atoms with Gasteiger partial charge >= 0.3 is 0 Å². The molecule has 3 heterocycles. The maximum absolute atomic E-state index is 4.94. The molecule has 0 aliphatic rings. The summed E-state index contributed by atoms with van der Waals surface area (Å²) in [5.41, 5.74) is 14.9. The molecule has 56 heavy (non-hydrogen) atoms. The molecule has 0 bridgehead atoms. The normalized spacial score (nSPS) is 11.6. The van der Waals surface area contributed by atoms with Crippen molar-refractivity contribution in [3.8, 4) is 56.1 Å². The van der Waals surface area contributed by atoms with Gasteiger partial charge in [-0.05, 0) is 87.5 Å². The Balaban J connectivity index is 0.926. The Morgan fingerprint density at radius 3 is 1.18 bits per heavy atom. The van der Waals surface area contributed by atoms with Crippen LogP contribution in [0.4, 0.5) is 0 Å². The Kier molecular flexibility index (Phi) is 7.46. The fourth-order valence-electron chi connectivity index (χ4n) is 8.30. The molecule has 0 unspecified atom stereocenters. The summed E-state index contributed by atoms with van der Waals surface area (Å²) >= 11 is 0. The van der Waals surface area contributed by atoms with Crippen LogP contribution in [0.2, 0.25) is 0 Å². The van der Waals surface area contributed by atoms with Crippen LogP contribution in [0.1, 0.15) is 0 Å². The molecule has 8 aromatic carbocycles. The first kappa shape index (κ1) is 31.9. The van der Waals surface area contributed by atoms with Crippen LogP contribution in [-0.2, 0) is 0 Å². The van der Waals surface area contributed by atoms with E-state index in [9.17, 15) is 0 Å². The molecule has 4 nitrogen and oxygen atoms in total. The van der Waals surface area contributed by atoms with Gasteiger partial charge in [0, 0.05) is 45.2 Å². The predicted octanol–water partition coefficient (Wildman–Crippen LogP) is 13.3. The standard InChI is InChI=1S/C52H34N4/c1-3-11-35(12-4-1)36-19-21-37(22-20-36)38-23-25-39(26-24-38)42-33-53-52(54-34-42)56-49-18-10-8-16-45(49)47-32-41(28-30-51(47)56)40-27-29-50-46(31-40)44-15-7-9-17-48(44)55(50)43-13-5-2-6-14-43/h1-34H. The molecule has 0 aliphatic carbocycles. The second-order valence-corrected chi connectivity index (χ2v) is 14.3. The highest BCUT2D eigenvalue weighted by Crippen LogP contribution is 2.38. The highest BCUT2D eigenvalue weighted by atomic mass is 15.1. The number of para-hydroxylation sites is 3. The van der Waals surface area contributed by atoms with Crippen molar-refractivity contribution in [1.82, 2.24) is 19.1 Å². The van der Waals surface area contributed by atoms with Gasteiger partial charge in [0.25, 0.3) is 0 Å². The molecule has 0 saturated heterocycles. The largest absolute Gasteiger partial charge is 0.309 e. The van der Waals surface area contributed by atoms with Gasteiger partial charge in [0.05, 0.1) is 22.1 Å². The van der Waals surface area contributed by atoms with Crippen molar-refractivity contribution >= 4 is 43.6 Å². The Bertz CT molecular complexity index is 3190. The van der Waals surface area contributed by atoms with E-state index in [1.54, 1.807) is 0 Å². The molecule has 0 aliphatic heterocycles. The summed E-state index contributed by atoms with van der Waals surface area (Å²) in [6.45, 7) is 0. The lowest BCUT2D eigenvalue weighted by Gasteiger charge is -2.09.